The summed E-state index contributed by atoms with van der Waals surface area (Å²) in [6.07, 6.45) is 2.22. The summed E-state index contributed by atoms with van der Waals surface area (Å²) >= 11 is 0. The Morgan fingerprint density at radius 2 is 1.91 bits per heavy atom. The minimum atomic E-state index is -0.358. The molecule has 1 aromatic carbocycles. The number of ether oxygens (including phenoxy) is 2. The van der Waals surface area contributed by atoms with Crippen molar-refractivity contribution in [1.29, 1.82) is 0 Å². The molecule has 0 amide bonds. The summed E-state index contributed by atoms with van der Waals surface area (Å²) in [6, 6.07) is 8.08. The monoisotopic (exact) mass is 454 g/mol. The lowest BCUT2D eigenvalue weighted by atomic mass is 10.1. The van der Waals surface area contributed by atoms with Crippen LogP contribution in [0.4, 0.5) is 5.82 Å². The van der Waals surface area contributed by atoms with E-state index in [1.165, 1.54) is 0 Å². The number of pyridine rings is 1. The molecule has 1 fully saturated rings. The highest BCUT2D eigenvalue weighted by atomic mass is 16.5. The first-order valence-corrected chi connectivity index (χ1v) is 12.2. The first-order valence-electron chi connectivity index (χ1n) is 12.2. The Balaban J connectivity index is 1.49. The van der Waals surface area contributed by atoms with Crippen molar-refractivity contribution in [3.63, 3.8) is 0 Å². The second-order valence-corrected chi connectivity index (χ2v) is 9.37. The number of unbranched alkanes of at least 4 members (excludes halogenated alkanes) is 1. The topological polar surface area (TPSA) is 90.5 Å². The third-order valence-corrected chi connectivity index (χ3v) is 6.23. The van der Waals surface area contributed by atoms with Gasteiger partial charge in [0, 0.05) is 44.8 Å². The van der Waals surface area contributed by atoms with Gasteiger partial charge in [-0.25, -0.2) is 9.97 Å². The molecule has 180 valence electrons. The van der Waals surface area contributed by atoms with Gasteiger partial charge >= 0.3 is 0 Å². The zero-order chi connectivity index (χ0) is 23.3. The van der Waals surface area contributed by atoms with Crippen molar-refractivity contribution in [3.8, 4) is 0 Å². The Hall–Kier alpha value is -2.26. The smallest absolute Gasteiger partial charge is 0.152 e. The van der Waals surface area contributed by atoms with Crippen molar-refractivity contribution in [3.05, 3.63) is 30.1 Å². The van der Waals surface area contributed by atoms with E-state index in [2.05, 4.69) is 39.7 Å². The molecule has 0 unspecified atom stereocenters. The van der Waals surface area contributed by atoms with Crippen molar-refractivity contribution in [1.82, 2.24) is 24.8 Å². The quantitative estimate of drug-likeness (QED) is 0.430. The van der Waals surface area contributed by atoms with Crippen molar-refractivity contribution >= 4 is 27.8 Å². The van der Waals surface area contributed by atoms with Crippen molar-refractivity contribution in [2.75, 3.05) is 51.7 Å². The average Bonchev–Trinajstić information content (AvgIpc) is 3.16. The molecule has 3 N–H and O–H groups in total. The number of anilines is 1. The van der Waals surface area contributed by atoms with E-state index in [1.54, 1.807) is 0 Å². The summed E-state index contributed by atoms with van der Waals surface area (Å²) in [5.41, 5.74) is 8.55. The number of imidazole rings is 1. The van der Waals surface area contributed by atoms with Crippen LogP contribution >= 0.6 is 0 Å². The maximum Gasteiger partial charge on any atom is 0.152 e. The normalized spacial score (nSPS) is 15.6. The molecule has 33 heavy (non-hydrogen) atoms. The van der Waals surface area contributed by atoms with E-state index >= 15 is 0 Å². The molecule has 8 heteroatoms. The summed E-state index contributed by atoms with van der Waals surface area (Å²) in [7, 11) is 0. The molecule has 0 radical (unpaired) electrons. The first kappa shape index (κ1) is 23.9. The third kappa shape index (κ3) is 5.81. The zero-order valence-electron chi connectivity index (χ0n) is 20.3. The molecule has 8 nitrogen and oxygen atoms in total. The Kier molecular flexibility index (Phi) is 7.80. The van der Waals surface area contributed by atoms with Crippen LogP contribution in [-0.2, 0) is 22.6 Å². The fourth-order valence-electron chi connectivity index (χ4n) is 4.53. The predicted octanol–water partition coefficient (Wildman–Crippen LogP) is 3.18. The molecule has 3 aromatic rings. The number of hydrogen-bond acceptors (Lipinski definition) is 7. The van der Waals surface area contributed by atoms with E-state index in [0.29, 0.717) is 25.6 Å². The number of para-hydroxylation sites is 1. The minimum absolute atomic E-state index is 0.358. The number of aromatic nitrogens is 3. The zero-order valence-corrected chi connectivity index (χ0v) is 20.3. The summed E-state index contributed by atoms with van der Waals surface area (Å²) in [5.74, 6) is 1.30. The summed E-state index contributed by atoms with van der Waals surface area (Å²) in [5, 5.41) is 4.45. The number of rotatable bonds is 11. The van der Waals surface area contributed by atoms with Crippen LogP contribution in [0.25, 0.3) is 21.9 Å². The van der Waals surface area contributed by atoms with E-state index < -0.39 is 0 Å². The molecule has 0 spiro atoms. The van der Waals surface area contributed by atoms with Crippen LogP contribution in [0.3, 0.4) is 0 Å². The predicted molar refractivity (Wildman–Crippen MR) is 133 cm³/mol. The lowest BCUT2D eigenvalue weighted by Gasteiger charge is -2.29. The van der Waals surface area contributed by atoms with Crippen LogP contribution in [0.15, 0.2) is 24.3 Å². The van der Waals surface area contributed by atoms with E-state index in [1.807, 2.05) is 25.1 Å². The van der Waals surface area contributed by atoms with Crippen molar-refractivity contribution in [2.24, 2.45) is 0 Å². The van der Waals surface area contributed by atoms with Gasteiger partial charge < -0.3 is 30.0 Å². The molecule has 0 aliphatic carbocycles. The highest BCUT2D eigenvalue weighted by Crippen LogP contribution is 2.30. The maximum absolute atomic E-state index is 6.38. The van der Waals surface area contributed by atoms with Gasteiger partial charge in [0.1, 0.15) is 17.9 Å². The van der Waals surface area contributed by atoms with Gasteiger partial charge in [0.05, 0.1) is 23.2 Å². The van der Waals surface area contributed by atoms with Gasteiger partial charge in [-0.2, -0.15) is 0 Å². The number of piperazine rings is 1. The maximum atomic E-state index is 6.38. The van der Waals surface area contributed by atoms with Crippen LogP contribution in [0.1, 0.15) is 39.4 Å². The summed E-state index contributed by atoms with van der Waals surface area (Å²) in [6.45, 7) is 14.4. The van der Waals surface area contributed by atoms with Crippen molar-refractivity contribution in [2.45, 2.75) is 52.4 Å². The Labute approximate surface area is 196 Å². The largest absolute Gasteiger partial charge is 0.382 e. The number of nitrogens with one attached hydrogen (secondary N) is 1. The SMILES string of the molecule is CCOCc1nc2c(N)nc3ccccc3c2n1CC(C)(C)OCCCCN1CCNCC1. The lowest BCUT2D eigenvalue weighted by Crippen LogP contribution is -2.43. The van der Waals surface area contributed by atoms with Gasteiger partial charge in [-0.3, -0.25) is 0 Å². The van der Waals surface area contributed by atoms with Crippen LogP contribution in [0, 0.1) is 0 Å². The van der Waals surface area contributed by atoms with E-state index in [0.717, 1.165) is 79.9 Å². The molecule has 2 aromatic heterocycles. The number of benzene rings is 1. The summed E-state index contributed by atoms with van der Waals surface area (Å²) in [4.78, 5) is 11.9. The molecule has 0 atom stereocenters. The van der Waals surface area contributed by atoms with Gasteiger partial charge in [-0.1, -0.05) is 18.2 Å². The highest BCUT2D eigenvalue weighted by Gasteiger charge is 2.25. The minimum Gasteiger partial charge on any atom is -0.382 e. The molecule has 1 saturated heterocycles. The van der Waals surface area contributed by atoms with E-state index in [4.69, 9.17) is 20.2 Å². The molecule has 4 rings (SSSR count). The Morgan fingerprint density at radius 1 is 1.12 bits per heavy atom. The average molecular weight is 455 g/mol. The molecule has 3 heterocycles. The number of nitrogen functional groups attached to an aromatic ring is 1. The standard InChI is InChI=1S/C25H38N6O2/c1-4-32-17-21-29-22-23(19-9-5-6-10-20(19)28-24(22)26)31(21)18-25(2,3)33-16-8-7-13-30-14-11-27-12-15-30/h5-6,9-10,27H,4,7-8,11-18H2,1-3H3,(H2,26,28). The van der Waals surface area contributed by atoms with Gasteiger partial charge in [0.15, 0.2) is 5.82 Å². The number of nitrogens with zero attached hydrogens (tertiary/aromatic N) is 4. The van der Waals surface area contributed by atoms with Gasteiger partial charge in [0.2, 0.25) is 0 Å². The third-order valence-electron chi connectivity index (χ3n) is 6.23. The molecule has 1 aliphatic rings. The molecule has 0 saturated carbocycles. The second-order valence-electron chi connectivity index (χ2n) is 9.37. The van der Waals surface area contributed by atoms with Gasteiger partial charge in [-0.05, 0) is 46.2 Å². The number of fused-ring (bicyclic) bond motifs is 3. The lowest BCUT2D eigenvalue weighted by molar-refractivity contribution is -0.0320. The number of nitrogens with two attached hydrogens (primary N) is 1. The van der Waals surface area contributed by atoms with Crippen molar-refractivity contribution < 1.29 is 9.47 Å². The van der Waals surface area contributed by atoms with Gasteiger partial charge in [0.25, 0.3) is 0 Å². The Morgan fingerprint density at radius 3 is 2.70 bits per heavy atom. The molecule has 1 aliphatic heterocycles. The molecular weight excluding hydrogens is 416 g/mol. The van der Waals surface area contributed by atoms with Crippen LogP contribution in [0.2, 0.25) is 0 Å². The first-order chi connectivity index (χ1) is 16.0. The Bertz CT molecular complexity index is 1060. The van der Waals surface area contributed by atoms with E-state index in [9.17, 15) is 0 Å². The summed E-state index contributed by atoms with van der Waals surface area (Å²) < 4.78 is 14.3. The fourth-order valence-corrected chi connectivity index (χ4v) is 4.53. The van der Waals surface area contributed by atoms with Crippen LogP contribution in [0.5, 0.6) is 0 Å². The van der Waals surface area contributed by atoms with Crippen LogP contribution in [-0.4, -0.2) is 71.0 Å². The highest BCUT2D eigenvalue weighted by molar-refractivity contribution is 6.06. The second kappa shape index (κ2) is 10.8. The number of hydrogen-bond donors (Lipinski definition) is 2. The van der Waals surface area contributed by atoms with Gasteiger partial charge in [-0.15, -0.1) is 0 Å². The van der Waals surface area contributed by atoms with E-state index in [-0.39, 0.29) is 5.60 Å². The van der Waals surface area contributed by atoms with Crippen LogP contribution < -0.4 is 11.1 Å². The molecule has 0 bridgehead atoms. The fraction of sp³-hybridized carbons (Fsp3) is 0.600. The molecular formula is C25H38N6O2.